The number of rotatable bonds is 4. The third-order valence-electron chi connectivity index (χ3n) is 5.25. The molecule has 0 saturated carbocycles. The number of piperidine rings is 1. The van der Waals surface area contributed by atoms with Gasteiger partial charge >= 0.3 is 0 Å². The molecule has 2 aromatic rings. The molecule has 4 rings (SSSR count). The van der Waals surface area contributed by atoms with Crippen molar-refractivity contribution in [2.45, 2.75) is 31.8 Å². The maximum atomic E-state index is 12.5. The summed E-state index contributed by atoms with van der Waals surface area (Å²) in [5.41, 5.74) is 4.55. The summed E-state index contributed by atoms with van der Waals surface area (Å²) in [6, 6.07) is 16.9. The Hall–Kier alpha value is -2.33. The van der Waals surface area contributed by atoms with Crippen LogP contribution in [0.5, 0.6) is 0 Å². The van der Waals surface area contributed by atoms with Gasteiger partial charge < -0.3 is 10.6 Å². The second-order valence-corrected chi connectivity index (χ2v) is 7.06. The number of amides is 1. The van der Waals surface area contributed by atoms with Gasteiger partial charge in [-0.3, -0.25) is 9.69 Å². The molecule has 0 bridgehead atoms. The van der Waals surface area contributed by atoms with Gasteiger partial charge in [0.25, 0.3) is 5.91 Å². The van der Waals surface area contributed by atoms with Crippen molar-refractivity contribution >= 4 is 11.6 Å². The van der Waals surface area contributed by atoms with E-state index in [4.69, 9.17) is 0 Å². The van der Waals surface area contributed by atoms with Crippen LogP contribution in [0.1, 0.15) is 34.3 Å². The standard InChI is InChI=1S/C21H25N3O/c25-21(18-7-6-17-8-11-22-20(17)14-18)23-19-9-12-24(13-10-19)15-16-4-2-1-3-5-16/h1-7,14,19,22H,8-13,15H2,(H,23,25). The Bertz CT molecular complexity index is 736. The Labute approximate surface area is 149 Å². The molecule has 0 aliphatic carbocycles. The van der Waals surface area contributed by atoms with Crippen molar-refractivity contribution in [3.8, 4) is 0 Å². The quantitative estimate of drug-likeness (QED) is 0.903. The average molecular weight is 335 g/mol. The van der Waals surface area contributed by atoms with Gasteiger partial charge in [0.2, 0.25) is 0 Å². The number of carbonyl (C=O) groups excluding carboxylic acids is 1. The van der Waals surface area contributed by atoms with Crippen LogP contribution in [0.2, 0.25) is 0 Å². The number of benzene rings is 2. The zero-order chi connectivity index (χ0) is 17.1. The van der Waals surface area contributed by atoms with Crippen LogP contribution in [0.15, 0.2) is 48.5 Å². The minimum absolute atomic E-state index is 0.0537. The molecule has 0 radical (unpaired) electrons. The third kappa shape index (κ3) is 3.85. The molecule has 0 atom stereocenters. The zero-order valence-corrected chi connectivity index (χ0v) is 14.5. The molecule has 0 unspecified atom stereocenters. The second-order valence-electron chi connectivity index (χ2n) is 7.06. The number of anilines is 1. The topological polar surface area (TPSA) is 44.4 Å². The van der Waals surface area contributed by atoms with Crippen LogP contribution < -0.4 is 10.6 Å². The Morgan fingerprint density at radius 3 is 2.72 bits per heavy atom. The summed E-state index contributed by atoms with van der Waals surface area (Å²) in [7, 11) is 0. The Morgan fingerprint density at radius 2 is 1.92 bits per heavy atom. The molecular weight excluding hydrogens is 310 g/mol. The van der Waals surface area contributed by atoms with Crippen LogP contribution in [0, 0.1) is 0 Å². The molecule has 0 aromatic heterocycles. The molecule has 2 heterocycles. The van der Waals surface area contributed by atoms with E-state index in [2.05, 4.69) is 51.9 Å². The summed E-state index contributed by atoms with van der Waals surface area (Å²) < 4.78 is 0. The van der Waals surface area contributed by atoms with Crippen molar-refractivity contribution in [2.75, 3.05) is 25.0 Å². The highest BCUT2D eigenvalue weighted by Gasteiger charge is 2.22. The lowest BCUT2D eigenvalue weighted by molar-refractivity contribution is 0.0909. The second kappa shape index (κ2) is 7.28. The van der Waals surface area contributed by atoms with E-state index in [1.54, 1.807) is 0 Å². The van der Waals surface area contributed by atoms with E-state index in [1.807, 2.05) is 12.1 Å². The number of carbonyl (C=O) groups is 1. The van der Waals surface area contributed by atoms with E-state index in [-0.39, 0.29) is 11.9 Å². The van der Waals surface area contributed by atoms with E-state index in [1.165, 1.54) is 11.1 Å². The molecule has 1 fully saturated rings. The Balaban J connectivity index is 1.29. The highest BCUT2D eigenvalue weighted by atomic mass is 16.1. The molecule has 0 spiro atoms. The van der Waals surface area contributed by atoms with Crippen molar-refractivity contribution in [3.63, 3.8) is 0 Å². The van der Waals surface area contributed by atoms with Gasteiger partial charge in [0.1, 0.15) is 0 Å². The normalized spacial score (nSPS) is 17.8. The maximum absolute atomic E-state index is 12.5. The van der Waals surface area contributed by atoms with E-state index in [9.17, 15) is 4.79 Å². The van der Waals surface area contributed by atoms with Crippen LogP contribution in [0.4, 0.5) is 5.69 Å². The first-order valence-corrected chi connectivity index (χ1v) is 9.22. The summed E-state index contributed by atoms with van der Waals surface area (Å²) in [4.78, 5) is 15.0. The number of nitrogens with zero attached hydrogens (tertiary/aromatic N) is 1. The van der Waals surface area contributed by atoms with Crippen LogP contribution in [0.25, 0.3) is 0 Å². The van der Waals surface area contributed by atoms with Crippen molar-refractivity contribution < 1.29 is 4.79 Å². The molecule has 2 aliphatic heterocycles. The van der Waals surface area contributed by atoms with Crippen molar-refractivity contribution in [1.82, 2.24) is 10.2 Å². The average Bonchev–Trinajstić information content (AvgIpc) is 3.12. The van der Waals surface area contributed by atoms with E-state index in [0.717, 1.165) is 56.7 Å². The van der Waals surface area contributed by atoms with Gasteiger partial charge in [-0.1, -0.05) is 36.4 Å². The fourth-order valence-corrected chi connectivity index (χ4v) is 3.78. The van der Waals surface area contributed by atoms with Crippen LogP contribution in [-0.4, -0.2) is 36.5 Å². The number of nitrogens with one attached hydrogen (secondary N) is 2. The summed E-state index contributed by atoms with van der Waals surface area (Å²) in [6.45, 7) is 4.04. The van der Waals surface area contributed by atoms with Gasteiger partial charge in [-0.2, -0.15) is 0 Å². The van der Waals surface area contributed by atoms with Gasteiger partial charge in [0.05, 0.1) is 0 Å². The summed E-state index contributed by atoms with van der Waals surface area (Å²) >= 11 is 0. The SMILES string of the molecule is O=C(NC1CCN(Cc2ccccc2)CC1)c1ccc2c(c1)NCC2. The van der Waals surface area contributed by atoms with Gasteiger partial charge in [-0.15, -0.1) is 0 Å². The monoisotopic (exact) mass is 335 g/mol. The maximum Gasteiger partial charge on any atom is 0.251 e. The molecule has 1 saturated heterocycles. The molecule has 4 heteroatoms. The highest BCUT2D eigenvalue weighted by Crippen LogP contribution is 2.23. The van der Waals surface area contributed by atoms with Gasteiger partial charge in [-0.05, 0) is 42.5 Å². The number of hydrogen-bond donors (Lipinski definition) is 2. The lowest BCUT2D eigenvalue weighted by Gasteiger charge is -2.32. The Kier molecular flexibility index (Phi) is 4.70. The van der Waals surface area contributed by atoms with Crippen LogP contribution >= 0.6 is 0 Å². The largest absolute Gasteiger partial charge is 0.384 e. The number of hydrogen-bond acceptors (Lipinski definition) is 3. The molecule has 2 aromatic carbocycles. The zero-order valence-electron chi connectivity index (χ0n) is 14.5. The summed E-state index contributed by atoms with van der Waals surface area (Å²) in [5, 5.41) is 6.56. The number of fused-ring (bicyclic) bond motifs is 1. The Morgan fingerprint density at radius 1 is 1.12 bits per heavy atom. The first-order valence-electron chi connectivity index (χ1n) is 9.22. The van der Waals surface area contributed by atoms with E-state index in [0.29, 0.717) is 0 Å². The van der Waals surface area contributed by atoms with Gasteiger partial charge in [-0.25, -0.2) is 0 Å². The van der Waals surface area contributed by atoms with Crippen LogP contribution in [-0.2, 0) is 13.0 Å². The van der Waals surface area contributed by atoms with Gasteiger partial charge in [0, 0.05) is 43.5 Å². The van der Waals surface area contributed by atoms with Crippen LogP contribution in [0.3, 0.4) is 0 Å². The van der Waals surface area contributed by atoms with Gasteiger partial charge in [0.15, 0.2) is 0 Å². The predicted octanol–water partition coefficient (Wildman–Crippen LogP) is 3.05. The molecule has 25 heavy (non-hydrogen) atoms. The molecular formula is C21H25N3O. The molecule has 2 N–H and O–H groups in total. The lowest BCUT2D eigenvalue weighted by Crippen LogP contribution is -2.44. The molecule has 130 valence electrons. The minimum atomic E-state index is 0.0537. The first-order chi connectivity index (χ1) is 12.3. The highest BCUT2D eigenvalue weighted by molar-refractivity contribution is 5.95. The predicted molar refractivity (Wildman–Crippen MR) is 101 cm³/mol. The number of likely N-dealkylation sites (tertiary alicyclic amines) is 1. The first kappa shape index (κ1) is 16.2. The fourth-order valence-electron chi connectivity index (χ4n) is 3.78. The lowest BCUT2D eigenvalue weighted by atomic mass is 10.0. The van der Waals surface area contributed by atoms with Crippen molar-refractivity contribution in [2.24, 2.45) is 0 Å². The third-order valence-corrected chi connectivity index (χ3v) is 5.25. The summed E-state index contributed by atoms with van der Waals surface area (Å²) in [5.74, 6) is 0.0537. The van der Waals surface area contributed by atoms with Crippen molar-refractivity contribution in [1.29, 1.82) is 0 Å². The van der Waals surface area contributed by atoms with Crippen molar-refractivity contribution in [3.05, 3.63) is 65.2 Å². The molecule has 2 aliphatic rings. The smallest absolute Gasteiger partial charge is 0.251 e. The summed E-state index contributed by atoms with van der Waals surface area (Å²) in [6.07, 6.45) is 3.08. The van der Waals surface area contributed by atoms with E-state index >= 15 is 0 Å². The minimum Gasteiger partial charge on any atom is -0.384 e. The van der Waals surface area contributed by atoms with E-state index < -0.39 is 0 Å². The fraction of sp³-hybridized carbons (Fsp3) is 0.381. The molecule has 1 amide bonds. The molecule has 4 nitrogen and oxygen atoms in total.